The van der Waals surface area contributed by atoms with Gasteiger partial charge in [-0.2, -0.15) is 0 Å². The van der Waals surface area contributed by atoms with Gasteiger partial charge in [-0.25, -0.2) is 4.39 Å². The molecular weight excluding hydrogens is 321 g/mol. The van der Waals surface area contributed by atoms with Gasteiger partial charge in [0.25, 0.3) is 0 Å². The van der Waals surface area contributed by atoms with Gasteiger partial charge in [-0.15, -0.1) is 0 Å². The van der Waals surface area contributed by atoms with Crippen LogP contribution in [0.15, 0.2) is 16.6 Å². The van der Waals surface area contributed by atoms with E-state index in [4.69, 9.17) is 16.3 Å². The molecular formula is C13H16BrClFNO. The molecule has 5 heteroatoms. The highest BCUT2D eigenvalue weighted by Gasteiger charge is 2.13. The van der Waals surface area contributed by atoms with Crippen LogP contribution in [0.25, 0.3) is 0 Å². The first kappa shape index (κ1) is 14.1. The highest BCUT2D eigenvalue weighted by atomic mass is 79.9. The topological polar surface area (TPSA) is 21.3 Å². The zero-order chi connectivity index (χ0) is 13.0. The van der Waals surface area contributed by atoms with Gasteiger partial charge in [0.1, 0.15) is 11.6 Å². The normalized spacial score (nSPS) is 19.2. The maximum atomic E-state index is 13.3. The van der Waals surface area contributed by atoms with Crippen LogP contribution in [0.4, 0.5) is 4.39 Å². The Morgan fingerprint density at radius 2 is 2.33 bits per heavy atom. The van der Waals surface area contributed by atoms with E-state index in [0.29, 0.717) is 22.9 Å². The standard InChI is InChI=1S/C13H16BrClFNO/c14-10-7-11(15)12(16)8-13(10)18-6-2-4-9-3-1-5-17-9/h7-9,17H,1-6H2. The maximum Gasteiger partial charge on any atom is 0.145 e. The molecule has 0 aromatic heterocycles. The lowest BCUT2D eigenvalue weighted by Crippen LogP contribution is -2.21. The van der Waals surface area contributed by atoms with Crippen LogP contribution in [-0.2, 0) is 0 Å². The predicted octanol–water partition coefficient (Wildman–Crippen LogP) is 4.15. The van der Waals surface area contributed by atoms with Crippen LogP contribution in [0.1, 0.15) is 25.7 Å². The van der Waals surface area contributed by atoms with Crippen LogP contribution in [0.2, 0.25) is 5.02 Å². The summed E-state index contributed by atoms with van der Waals surface area (Å²) in [6.07, 6.45) is 4.58. The zero-order valence-electron chi connectivity index (χ0n) is 10.0. The van der Waals surface area contributed by atoms with Crippen LogP contribution in [0.3, 0.4) is 0 Å². The summed E-state index contributed by atoms with van der Waals surface area (Å²) >= 11 is 8.98. The first-order valence-corrected chi connectivity index (χ1v) is 7.34. The SMILES string of the molecule is Fc1cc(OCCCC2CCCN2)c(Br)cc1Cl. The van der Waals surface area contributed by atoms with Crippen molar-refractivity contribution in [1.29, 1.82) is 0 Å². The largest absolute Gasteiger partial charge is 0.492 e. The fourth-order valence-electron chi connectivity index (χ4n) is 2.13. The van der Waals surface area contributed by atoms with Crippen LogP contribution >= 0.6 is 27.5 Å². The van der Waals surface area contributed by atoms with Crippen LogP contribution in [0.5, 0.6) is 5.75 Å². The highest BCUT2D eigenvalue weighted by Crippen LogP contribution is 2.30. The lowest BCUT2D eigenvalue weighted by molar-refractivity contribution is 0.296. The van der Waals surface area contributed by atoms with Gasteiger partial charge >= 0.3 is 0 Å². The summed E-state index contributed by atoms with van der Waals surface area (Å²) < 4.78 is 19.5. The molecule has 0 radical (unpaired) electrons. The molecule has 1 atom stereocenters. The molecule has 1 heterocycles. The van der Waals surface area contributed by atoms with E-state index in [1.165, 1.54) is 25.0 Å². The molecule has 18 heavy (non-hydrogen) atoms. The molecule has 0 bridgehead atoms. The van der Waals surface area contributed by atoms with Crippen molar-refractivity contribution in [2.75, 3.05) is 13.2 Å². The van der Waals surface area contributed by atoms with Crippen molar-refractivity contribution in [3.8, 4) is 5.75 Å². The Morgan fingerprint density at radius 1 is 1.50 bits per heavy atom. The van der Waals surface area contributed by atoms with Gasteiger partial charge in [-0.05, 0) is 54.2 Å². The van der Waals surface area contributed by atoms with Gasteiger partial charge in [0.05, 0.1) is 16.1 Å². The van der Waals surface area contributed by atoms with E-state index in [1.807, 2.05) is 0 Å². The Morgan fingerprint density at radius 3 is 3.06 bits per heavy atom. The van der Waals surface area contributed by atoms with Gasteiger partial charge in [-0.3, -0.25) is 0 Å². The van der Waals surface area contributed by atoms with Crippen molar-refractivity contribution in [2.45, 2.75) is 31.7 Å². The number of hydrogen-bond donors (Lipinski definition) is 1. The molecule has 1 fully saturated rings. The Kier molecular flexibility index (Phi) is 5.27. The minimum absolute atomic E-state index is 0.101. The van der Waals surface area contributed by atoms with Crippen LogP contribution in [-0.4, -0.2) is 19.2 Å². The van der Waals surface area contributed by atoms with Crippen molar-refractivity contribution in [2.24, 2.45) is 0 Å². The van der Waals surface area contributed by atoms with Gasteiger partial charge in [0, 0.05) is 12.1 Å². The number of halogens is 3. The predicted molar refractivity (Wildman–Crippen MR) is 74.9 cm³/mol. The third kappa shape index (κ3) is 3.84. The second-order valence-electron chi connectivity index (χ2n) is 4.48. The molecule has 1 aliphatic rings. The first-order chi connectivity index (χ1) is 8.66. The molecule has 1 aromatic carbocycles. The van der Waals surface area contributed by atoms with E-state index in [1.54, 1.807) is 0 Å². The average Bonchev–Trinajstić information content (AvgIpc) is 2.84. The Labute approximate surface area is 120 Å². The lowest BCUT2D eigenvalue weighted by atomic mass is 10.1. The molecule has 0 amide bonds. The van der Waals surface area contributed by atoms with Gasteiger partial charge in [0.15, 0.2) is 0 Å². The van der Waals surface area contributed by atoms with Crippen molar-refractivity contribution >= 4 is 27.5 Å². The highest BCUT2D eigenvalue weighted by molar-refractivity contribution is 9.10. The number of hydrogen-bond acceptors (Lipinski definition) is 2. The van der Waals surface area contributed by atoms with E-state index < -0.39 is 5.82 Å². The molecule has 1 aromatic rings. The van der Waals surface area contributed by atoms with E-state index in [9.17, 15) is 4.39 Å². The second-order valence-corrected chi connectivity index (χ2v) is 5.74. The molecule has 1 unspecified atom stereocenters. The van der Waals surface area contributed by atoms with E-state index in [2.05, 4.69) is 21.2 Å². The Bertz CT molecular complexity index is 410. The number of nitrogens with one attached hydrogen (secondary N) is 1. The van der Waals surface area contributed by atoms with Crippen LogP contribution < -0.4 is 10.1 Å². The molecule has 2 nitrogen and oxygen atoms in total. The third-order valence-electron chi connectivity index (χ3n) is 3.09. The molecule has 1 saturated heterocycles. The van der Waals surface area contributed by atoms with Crippen LogP contribution in [0, 0.1) is 5.82 Å². The van der Waals surface area contributed by atoms with E-state index >= 15 is 0 Å². The van der Waals surface area contributed by atoms with Crippen molar-refractivity contribution in [1.82, 2.24) is 5.32 Å². The summed E-state index contributed by atoms with van der Waals surface area (Å²) in [5.74, 6) is 0.0589. The average molecular weight is 337 g/mol. The summed E-state index contributed by atoms with van der Waals surface area (Å²) in [6, 6.07) is 3.46. The lowest BCUT2D eigenvalue weighted by Gasteiger charge is -2.12. The summed E-state index contributed by atoms with van der Waals surface area (Å²) in [5, 5.41) is 3.54. The summed E-state index contributed by atoms with van der Waals surface area (Å²) in [4.78, 5) is 0. The first-order valence-electron chi connectivity index (χ1n) is 6.17. The van der Waals surface area contributed by atoms with E-state index in [0.717, 1.165) is 19.4 Å². The van der Waals surface area contributed by atoms with Gasteiger partial charge < -0.3 is 10.1 Å². The molecule has 0 saturated carbocycles. The summed E-state index contributed by atoms with van der Waals surface area (Å²) in [5.41, 5.74) is 0. The molecule has 2 rings (SSSR count). The monoisotopic (exact) mass is 335 g/mol. The third-order valence-corrected chi connectivity index (χ3v) is 4.00. The smallest absolute Gasteiger partial charge is 0.145 e. The molecule has 0 spiro atoms. The minimum Gasteiger partial charge on any atom is -0.492 e. The molecule has 100 valence electrons. The van der Waals surface area contributed by atoms with E-state index in [-0.39, 0.29) is 5.02 Å². The number of rotatable bonds is 5. The minimum atomic E-state index is -0.452. The zero-order valence-corrected chi connectivity index (χ0v) is 12.4. The number of benzene rings is 1. The number of ether oxygens (including phenoxy) is 1. The van der Waals surface area contributed by atoms with Gasteiger partial charge in [-0.1, -0.05) is 11.6 Å². The maximum absolute atomic E-state index is 13.3. The fourth-order valence-corrected chi connectivity index (χ4v) is 2.88. The Hall–Kier alpha value is -0.320. The molecule has 0 aliphatic carbocycles. The molecule has 1 aliphatic heterocycles. The van der Waals surface area contributed by atoms with Crippen molar-refractivity contribution in [3.05, 3.63) is 27.4 Å². The second kappa shape index (κ2) is 6.73. The Balaban J connectivity index is 1.77. The summed E-state index contributed by atoms with van der Waals surface area (Å²) in [6.45, 7) is 1.72. The summed E-state index contributed by atoms with van der Waals surface area (Å²) in [7, 11) is 0. The van der Waals surface area contributed by atoms with Crippen molar-refractivity contribution in [3.63, 3.8) is 0 Å². The fraction of sp³-hybridized carbons (Fsp3) is 0.538. The van der Waals surface area contributed by atoms with Gasteiger partial charge in [0.2, 0.25) is 0 Å². The van der Waals surface area contributed by atoms with Crippen molar-refractivity contribution < 1.29 is 9.13 Å². The quantitative estimate of drug-likeness (QED) is 0.644. The molecule has 1 N–H and O–H groups in total.